The zero-order valence-electron chi connectivity index (χ0n) is 11.5. The molecular weight excluding hydrogens is 248 g/mol. The molecule has 19 heavy (non-hydrogen) atoms. The van der Waals surface area contributed by atoms with E-state index < -0.39 is 5.97 Å². The van der Waals surface area contributed by atoms with Crippen LogP contribution in [0, 0.1) is 0 Å². The van der Waals surface area contributed by atoms with Gasteiger partial charge in [-0.25, -0.2) is 0 Å². The van der Waals surface area contributed by atoms with E-state index in [1.807, 2.05) is 0 Å². The molecule has 1 rings (SSSR count). The summed E-state index contributed by atoms with van der Waals surface area (Å²) in [4.78, 5) is 26.5. The summed E-state index contributed by atoms with van der Waals surface area (Å²) in [7, 11) is 2.06. The summed E-state index contributed by atoms with van der Waals surface area (Å²) in [6, 6.07) is 0.181. The van der Waals surface area contributed by atoms with Crippen LogP contribution in [0.25, 0.3) is 0 Å². The van der Waals surface area contributed by atoms with Crippen molar-refractivity contribution < 1.29 is 19.8 Å². The second-order valence-electron chi connectivity index (χ2n) is 5.09. The Hall–Kier alpha value is -1.14. The van der Waals surface area contributed by atoms with Crippen LogP contribution in [0.5, 0.6) is 0 Å². The smallest absolute Gasteiger partial charge is 0.303 e. The standard InChI is InChI=1S/C13H24N2O4/c1-14-7-5-11(6-8-14)15(9-10-16)12(17)3-2-4-13(18)19/h11,16H,2-10H2,1H3,(H,18,19). The van der Waals surface area contributed by atoms with Gasteiger partial charge in [0.05, 0.1) is 6.61 Å². The fourth-order valence-corrected chi connectivity index (χ4v) is 2.46. The highest BCUT2D eigenvalue weighted by atomic mass is 16.4. The maximum atomic E-state index is 12.1. The van der Waals surface area contributed by atoms with Crippen molar-refractivity contribution in [2.75, 3.05) is 33.3 Å². The monoisotopic (exact) mass is 272 g/mol. The van der Waals surface area contributed by atoms with Gasteiger partial charge in [-0.2, -0.15) is 0 Å². The molecule has 1 amide bonds. The first-order valence-corrected chi connectivity index (χ1v) is 6.85. The fourth-order valence-electron chi connectivity index (χ4n) is 2.46. The van der Waals surface area contributed by atoms with E-state index in [9.17, 15) is 9.59 Å². The molecule has 110 valence electrons. The second kappa shape index (κ2) is 8.12. The lowest BCUT2D eigenvalue weighted by Crippen LogP contribution is -2.47. The van der Waals surface area contributed by atoms with Crippen molar-refractivity contribution in [2.45, 2.75) is 38.1 Å². The highest BCUT2D eigenvalue weighted by Gasteiger charge is 2.26. The predicted octanol–water partition coefficient (Wildman–Crippen LogP) is 0.156. The Morgan fingerprint density at radius 1 is 1.26 bits per heavy atom. The summed E-state index contributed by atoms with van der Waals surface area (Å²) in [5.74, 6) is -0.911. The third-order valence-corrected chi connectivity index (χ3v) is 3.57. The summed E-state index contributed by atoms with van der Waals surface area (Å²) >= 11 is 0. The van der Waals surface area contributed by atoms with Gasteiger partial charge in [0.2, 0.25) is 5.91 Å². The first-order valence-electron chi connectivity index (χ1n) is 6.85. The van der Waals surface area contributed by atoms with Crippen LogP contribution in [-0.2, 0) is 9.59 Å². The Morgan fingerprint density at radius 3 is 2.42 bits per heavy atom. The molecule has 1 aliphatic heterocycles. The number of amides is 1. The number of hydrogen-bond donors (Lipinski definition) is 2. The molecule has 0 radical (unpaired) electrons. The Balaban J connectivity index is 2.46. The minimum absolute atomic E-state index is 0.0199. The molecular formula is C13H24N2O4. The summed E-state index contributed by atoms with van der Waals surface area (Å²) in [6.07, 6.45) is 2.47. The van der Waals surface area contributed by atoms with Gasteiger partial charge in [0.25, 0.3) is 0 Å². The number of carbonyl (C=O) groups excluding carboxylic acids is 1. The van der Waals surface area contributed by atoms with E-state index in [0.717, 1.165) is 25.9 Å². The van der Waals surface area contributed by atoms with Gasteiger partial charge in [0.1, 0.15) is 0 Å². The van der Waals surface area contributed by atoms with Crippen molar-refractivity contribution in [3.63, 3.8) is 0 Å². The van der Waals surface area contributed by atoms with Gasteiger partial charge in [-0.3, -0.25) is 9.59 Å². The van der Waals surface area contributed by atoms with Crippen molar-refractivity contribution in [2.24, 2.45) is 0 Å². The first-order chi connectivity index (χ1) is 9.04. The maximum absolute atomic E-state index is 12.1. The minimum Gasteiger partial charge on any atom is -0.481 e. The number of aliphatic carboxylic acids is 1. The van der Waals surface area contributed by atoms with Gasteiger partial charge in [0, 0.05) is 25.4 Å². The number of likely N-dealkylation sites (tertiary alicyclic amines) is 1. The molecule has 1 heterocycles. The van der Waals surface area contributed by atoms with Crippen LogP contribution in [-0.4, -0.2) is 71.2 Å². The highest BCUT2D eigenvalue weighted by Crippen LogP contribution is 2.17. The molecule has 1 aliphatic rings. The van der Waals surface area contributed by atoms with E-state index >= 15 is 0 Å². The molecule has 6 nitrogen and oxygen atoms in total. The number of carbonyl (C=O) groups is 2. The largest absolute Gasteiger partial charge is 0.481 e. The van der Waals surface area contributed by atoms with Gasteiger partial charge in [-0.15, -0.1) is 0 Å². The number of rotatable bonds is 7. The molecule has 1 fully saturated rings. The van der Waals surface area contributed by atoms with Crippen LogP contribution in [0.3, 0.4) is 0 Å². The van der Waals surface area contributed by atoms with Gasteiger partial charge in [0.15, 0.2) is 0 Å². The molecule has 0 bridgehead atoms. The van der Waals surface area contributed by atoms with E-state index in [1.54, 1.807) is 4.90 Å². The number of piperidine rings is 1. The van der Waals surface area contributed by atoms with Crippen molar-refractivity contribution in [3.8, 4) is 0 Å². The summed E-state index contributed by atoms with van der Waals surface area (Å²) in [5, 5.41) is 17.7. The lowest BCUT2D eigenvalue weighted by Gasteiger charge is -2.37. The van der Waals surface area contributed by atoms with Crippen molar-refractivity contribution in [1.82, 2.24) is 9.80 Å². The molecule has 6 heteroatoms. The molecule has 0 saturated carbocycles. The molecule has 0 spiro atoms. The molecule has 0 aromatic heterocycles. The average Bonchev–Trinajstić information content (AvgIpc) is 2.36. The first kappa shape index (κ1) is 15.9. The third-order valence-electron chi connectivity index (χ3n) is 3.57. The van der Waals surface area contributed by atoms with Crippen molar-refractivity contribution in [3.05, 3.63) is 0 Å². The van der Waals surface area contributed by atoms with Crippen LogP contribution < -0.4 is 0 Å². The molecule has 2 N–H and O–H groups in total. The van der Waals surface area contributed by atoms with E-state index in [1.165, 1.54) is 0 Å². The topological polar surface area (TPSA) is 81.1 Å². The van der Waals surface area contributed by atoms with Gasteiger partial charge >= 0.3 is 5.97 Å². The van der Waals surface area contributed by atoms with Crippen molar-refractivity contribution in [1.29, 1.82) is 0 Å². The third kappa shape index (κ3) is 5.57. The van der Waals surface area contributed by atoms with Gasteiger partial charge < -0.3 is 20.0 Å². The van der Waals surface area contributed by atoms with Gasteiger partial charge in [-0.1, -0.05) is 0 Å². The van der Waals surface area contributed by atoms with Crippen LogP contribution in [0.15, 0.2) is 0 Å². The van der Waals surface area contributed by atoms with Crippen LogP contribution in [0.4, 0.5) is 0 Å². The number of aliphatic hydroxyl groups excluding tert-OH is 1. The molecule has 0 aromatic carbocycles. The van der Waals surface area contributed by atoms with E-state index in [2.05, 4.69) is 11.9 Å². The zero-order valence-corrected chi connectivity index (χ0v) is 11.5. The number of aliphatic hydroxyl groups is 1. The Bertz CT molecular complexity index is 301. The SMILES string of the molecule is CN1CCC(N(CCO)C(=O)CCCC(=O)O)CC1. The van der Waals surface area contributed by atoms with E-state index in [-0.39, 0.29) is 31.4 Å². The lowest BCUT2D eigenvalue weighted by molar-refractivity contribution is -0.138. The molecule has 0 aliphatic carbocycles. The number of carboxylic acids is 1. The van der Waals surface area contributed by atoms with E-state index in [4.69, 9.17) is 10.2 Å². The predicted molar refractivity (Wildman–Crippen MR) is 70.8 cm³/mol. The van der Waals surface area contributed by atoms with Crippen molar-refractivity contribution >= 4 is 11.9 Å². The molecule has 0 unspecified atom stereocenters. The van der Waals surface area contributed by atoms with Crippen LogP contribution >= 0.6 is 0 Å². The maximum Gasteiger partial charge on any atom is 0.303 e. The normalized spacial score (nSPS) is 17.4. The Labute approximate surface area is 114 Å². The van der Waals surface area contributed by atoms with Gasteiger partial charge in [-0.05, 0) is 39.4 Å². The second-order valence-corrected chi connectivity index (χ2v) is 5.09. The lowest BCUT2D eigenvalue weighted by atomic mass is 10.0. The van der Waals surface area contributed by atoms with E-state index in [0.29, 0.717) is 13.0 Å². The Morgan fingerprint density at radius 2 is 1.89 bits per heavy atom. The quantitative estimate of drug-likeness (QED) is 0.690. The summed E-state index contributed by atoms with van der Waals surface area (Å²) in [5.41, 5.74) is 0. The molecule has 0 aromatic rings. The molecule has 1 saturated heterocycles. The summed E-state index contributed by atoms with van der Waals surface area (Å²) in [6.45, 7) is 2.21. The number of hydrogen-bond acceptors (Lipinski definition) is 4. The average molecular weight is 272 g/mol. The summed E-state index contributed by atoms with van der Waals surface area (Å²) < 4.78 is 0. The van der Waals surface area contributed by atoms with Crippen LogP contribution in [0.1, 0.15) is 32.1 Å². The van der Waals surface area contributed by atoms with Crippen LogP contribution in [0.2, 0.25) is 0 Å². The molecule has 0 atom stereocenters. The zero-order chi connectivity index (χ0) is 14.3. The Kier molecular flexibility index (Phi) is 6.80. The minimum atomic E-state index is -0.874. The number of nitrogens with zero attached hydrogens (tertiary/aromatic N) is 2. The number of carboxylic acid groups (broad SMARTS) is 1. The fraction of sp³-hybridized carbons (Fsp3) is 0.846. The highest BCUT2D eigenvalue weighted by molar-refractivity contribution is 5.77.